The van der Waals surface area contributed by atoms with Gasteiger partial charge in [-0.05, 0) is 36.4 Å². The van der Waals surface area contributed by atoms with Crippen LogP contribution in [0.2, 0.25) is 0 Å². The van der Waals surface area contributed by atoms with Gasteiger partial charge in [-0.15, -0.1) is 4.40 Å². The molecule has 3 rings (SSSR count). The Bertz CT molecular complexity index is 947. The summed E-state index contributed by atoms with van der Waals surface area (Å²) in [6.45, 7) is 3.33. The third-order valence-electron chi connectivity index (χ3n) is 3.54. The number of rotatable bonds is 3. The molecule has 0 bridgehead atoms. The molecule has 6 nitrogen and oxygen atoms in total. The van der Waals surface area contributed by atoms with E-state index in [1.54, 1.807) is 54.4 Å². The van der Waals surface area contributed by atoms with Gasteiger partial charge in [0, 0.05) is 24.4 Å². The fourth-order valence-electron chi connectivity index (χ4n) is 2.35. The van der Waals surface area contributed by atoms with Crippen LogP contribution in [-0.4, -0.2) is 27.3 Å². The summed E-state index contributed by atoms with van der Waals surface area (Å²) >= 11 is 0. The molecule has 0 aromatic heterocycles. The zero-order valence-corrected chi connectivity index (χ0v) is 13.7. The normalized spacial score (nSPS) is 14.5. The van der Waals surface area contributed by atoms with Crippen LogP contribution in [0.3, 0.4) is 0 Å². The summed E-state index contributed by atoms with van der Waals surface area (Å²) in [5.74, 6) is 0.177. The number of hydrogen-bond donors (Lipinski definition) is 0. The first-order valence-electron chi connectivity index (χ1n) is 7.05. The monoisotopic (exact) mass is 342 g/mol. The maximum absolute atomic E-state index is 12.1. The SMILES string of the molecule is C=CC(=O)Oc1ccc(N(C)C2=NS(=O)(=O)c3ccccc32)cc1. The van der Waals surface area contributed by atoms with Crippen LogP contribution in [0.4, 0.5) is 5.69 Å². The van der Waals surface area contributed by atoms with Gasteiger partial charge in [-0.3, -0.25) is 0 Å². The van der Waals surface area contributed by atoms with E-state index in [9.17, 15) is 13.2 Å². The third-order valence-corrected chi connectivity index (χ3v) is 4.86. The lowest BCUT2D eigenvalue weighted by Gasteiger charge is -2.19. The fourth-order valence-corrected chi connectivity index (χ4v) is 3.58. The molecule has 1 heterocycles. The molecule has 2 aromatic carbocycles. The Hall–Kier alpha value is -2.93. The summed E-state index contributed by atoms with van der Waals surface area (Å²) in [4.78, 5) is 13.0. The fraction of sp³-hybridized carbons (Fsp3) is 0.0588. The molecule has 0 saturated carbocycles. The molecule has 0 unspecified atom stereocenters. The highest BCUT2D eigenvalue weighted by Gasteiger charge is 2.30. The number of esters is 1. The zero-order chi connectivity index (χ0) is 17.3. The van der Waals surface area contributed by atoms with Gasteiger partial charge in [-0.25, -0.2) is 4.79 Å². The van der Waals surface area contributed by atoms with Crippen molar-refractivity contribution in [2.75, 3.05) is 11.9 Å². The van der Waals surface area contributed by atoms with Gasteiger partial charge in [-0.1, -0.05) is 18.7 Å². The van der Waals surface area contributed by atoms with E-state index in [4.69, 9.17) is 4.74 Å². The molecule has 0 N–H and O–H groups in total. The van der Waals surface area contributed by atoms with Crippen molar-refractivity contribution in [2.24, 2.45) is 4.40 Å². The van der Waals surface area contributed by atoms with Crippen LogP contribution in [-0.2, 0) is 14.8 Å². The van der Waals surface area contributed by atoms with E-state index in [0.29, 0.717) is 22.8 Å². The van der Waals surface area contributed by atoms with Gasteiger partial charge in [0.2, 0.25) is 0 Å². The van der Waals surface area contributed by atoms with Gasteiger partial charge in [0.05, 0.1) is 0 Å². The van der Waals surface area contributed by atoms with Gasteiger partial charge in [-0.2, -0.15) is 8.42 Å². The Morgan fingerprint density at radius 2 is 1.83 bits per heavy atom. The topological polar surface area (TPSA) is 76.0 Å². The molecule has 2 aromatic rings. The molecule has 0 fully saturated rings. The lowest BCUT2D eigenvalue weighted by molar-refractivity contribution is -0.128. The first kappa shape index (κ1) is 15.9. The van der Waals surface area contributed by atoms with Gasteiger partial charge in [0.1, 0.15) is 10.6 Å². The quantitative estimate of drug-likeness (QED) is 0.486. The maximum Gasteiger partial charge on any atom is 0.335 e. The lowest BCUT2D eigenvalue weighted by atomic mass is 10.2. The van der Waals surface area contributed by atoms with E-state index >= 15 is 0 Å². The van der Waals surface area contributed by atoms with Crippen LogP contribution >= 0.6 is 0 Å². The number of ether oxygens (including phenoxy) is 1. The van der Waals surface area contributed by atoms with Crippen molar-refractivity contribution in [3.8, 4) is 5.75 Å². The number of carbonyl (C=O) groups is 1. The van der Waals surface area contributed by atoms with Crippen LogP contribution in [0.5, 0.6) is 5.75 Å². The number of amidine groups is 1. The largest absolute Gasteiger partial charge is 0.423 e. The van der Waals surface area contributed by atoms with E-state index < -0.39 is 16.0 Å². The maximum atomic E-state index is 12.1. The average molecular weight is 342 g/mol. The number of sulfonamides is 1. The molecule has 0 aliphatic carbocycles. The van der Waals surface area contributed by atoms with E-state index in [1.807, 2.05) is 0 Å². The first-order chi connectivity index (χ1) is 11.4. The van der Waals surface area contributed by atoms with Crippen LogP contribution in [0.1, 0.15) is 5.56 Å². The Labute approximate surface area is 139 Å². The second-order valence-electron chi connectivity index (χ2n) is 5.06. The molecular formula is C17H14N2O4S. The standard InChI is InChI=1S/C17H14N2O4S/c1-3-16(20)23-13-10-8-12(9-11-13)19(2)17-14-6-4-5-7-15(14)24(21,22)18-17/h3-11H,1H2,2H3. The van der Waals surface area contributed by atoms with E-state index in [0.717, 1.165) is 6.08 Å². The number of carbonyl (C=O) groups excluding carboxylic acids is 1. The van der Waals surface area contributed by atoms with Crippen molar-refractivity contribution in [3.05, 3.63) is 66.7 Å². The smallest absolute Gasteiger partial charge is 0.335 e. The first-order valence-corrected chi connectivity index (χ1v) is 8.49. The zero-order valence-electron chi connectivity index (χ0n) is 12.8. The van der Waals surface area contributed by atoms with Gasteiger partial charge in [0.15, 0.2) is 5.84 Å². The van der Waals surface area contributed by atoms with Crippen molar-refractivity contribution in [2.45, 2.75) is 4.90 Å². The Morgan fingerprint density at radius 1 is 1.17 bits per heavy atom. The number of nitrogens with zero attached hydrogens (tertiary/aromatic N) is 2. The third kappa shape index (κ3) is 2.81. The lowest BCUT2D eigenvalue weighted by Crippen LogP contribution is -2.25. The molecule has 122 valence electrons. The highest BCUT2D eigenvalue weighted by atomic mass is 32.2. The van der Waals surface area contributed by atoms with Crippen LogP contribution in [0.25, 0.3) is 0 Å². The van der Waals surface area contributed by atoms with Gasteiger partial charge >= 0.3 is 5.97 Å². The second kappa shape index (κ2) is 5.93. The molecular weight excluding hydrogens is 328 g/mol. The molecule has 24 heavy (non-hydrogen) atoms. The van der Waals surface area contributed by atoms with Crippen molar-refractivity contribution in [1.29, 1.82) is 0 Å². The Balaban J connectivity index is 1.92. The molecule has 0 saturated heterocycles. The van der Waals surface area contributed by atoms with Crippen molar-refractivity contribution < 1.29 is 17.9 Å². The molecule has 0 amide bonds. The summed E-state index contributed by atoms with van der Waals surface area (Å²) in [7, 11) is -1.95. The van der Waals surface area contributed by atoms with Gasteiger partial charge < -0.3 is 9.64 Å². The highest BCUT2D eigenvalue weighted by Crippen LogP contribution is 2.29. The summed E-state index contributed by atoms with van der Waals surface area (Å²) in [5, 5.41) is 0. The molecule has 0 radical (unpaired) electrons. The second-order valence-corrected chi connectivity index (χ2v) is 6.64. The molecule has 1 aliphatic heterocycles. The minimum atomic E-state index is -3.67. The van der Waals surface area contributed by atoms with Gasteiger partial charge in [0.25, 0.3) is 10.0 Å². The molecule has 0 atom stereocenters. The number of benzene rings is 2. The molecule has 1 aliphatic rings. The summed E-state index contributed by atoms with van der Waals surface area (Å²) in [6.07, 6.45) is 1.08. The minimum absolute atomic E-state index is 0.198. The molecule has 7 heteroatoms. The highest BCUT2D eigenvalue weighted by molar-refractivity contribution is 7.90. The minimum Gasteiger partial charge on any atom is -0.423 e. The summed E-state index contributed by atoms with van der Waals surface area (Å²) < 4.78 is 33.1. The van der Waals surface area contributed by atoms with Crippen LogP contribution in [0.15, 0.2) is 70.5 Å². The Kier molecular flexibility index (Phi) is 3.94. The number of fused-ring (bicyclic) bond motifs is 1. The van der Waals surface area contributed by atoms with Crippen molar-refractivity contribution >= 4 is 27.5 Å². The summed E-state index contributed by atoms with van der Waals surface area (Å²) in [5.41, 5.74) is 1.27. The molecule has 0 spiro atoms. The Morgan fingerprint density at radius 3 is 2.50 bits per heavy atom. The average Bonchev–Trinajstić information content (AvgIpc) is 2.87. The van der Waals surface area contributed by atoms with Crippen molar-refractivity contribution in [3.63, 3.8) is 0 Å². The van der Waals surface area contributed by atoms with Crippen LogP contribution < -0.4 is 9.64 Å². The van der Waals surface area contributed by atoms with E-state index in [-0.39, 0.29) is 4.90 Å². The predicted molar refractivity (Wildman–Crippen MR) is 90.8 cm³/mol. The van der Waals surface area contributed by atoms with Crippen molar-refractivity contribution in [1.82, 2.24) is 0 Å². The number of hydrogen-bond acceptors (Lipinski definition) is 5. The van der Waals surface area contributed by atoms with E-state index in [1.165, 1.54) is 6.07 Å². The number of anilines is 1. The summed E-state index contributed by atoms with van der Waals surface area (Å²) in [6, 6.07) is 13.3. The van der Waals surface area contributed by atoms with Crippen LogP contribution in [0, 0.1) is 0 Å². The predicted octanol–water partition coefficient (Wildman–Crippen LogP) is 2.36. The van der Waals surface area contributed by atoms with E-state index in [2.05, 4.69) is 11.0 Å².